The first-order chi connectivity index (χ1) is 10.2. The number of pyridine rings is 1. The molecular weight excluding hydrogens is 262 g/mol. The normalized spacial score (nSPS) is 10.6. The molecule has 0 bridgehead atoms. The number of methoxy groups -OCH3 is 1. The van der Waals surface area contributed by atoms with Gasteiger partial charge in [0, 0.05) is 12.4 Å². The Bertz CT molecular complexity index is 732. The summed E-state index contributed by atoms with van der Waals surface area (Å²) in [5.74, 6) is 0.865. The molecule has 4 nitrogen and oxygen atoms in total. The van der Waals surface area contributed by atoms with Crippen LogP contribution in [0.3, 0.4) is 0 Å². The molecule has 1 aromatic carbocycles. The summed E-state index contributed by atoms with van der Waals surface area (Å²) in [4.78, 5) is 4.36. The fourth-order valence-electron chi connectivity index (χ4n) is 2.18. The number of nitrogens with zero attached hydrogens (tertiary/aromatic N) is 3. The molecule has 4 heteroatoms. The molecule has 2 heterocycles. The molecule has 0 saturated heterocycles. The predicted octanol–water partition coefficient (Wildman–Crippen LogP) is 3.31. The maximum Gasteiger partial charge on any atom is 0.118 e. The van der Waals surface area contributed by atoms with Crippen molar-refractivity contribution in [3.63, 3.8) is 0 Å². The number of aromatic nitrogens is 3. The van der Waals surface area contributed by atoms with Crippen LogP contribution in [0.1, 0.15) is 11.1 Å². The fourth-order valence-corrected chi connectivity index (χ4v) is 2.18. The largest absolute Gasteiger partial charge is 0.497 e. The zero-order chi connectivity index (χ0) is 14.7. The third-order valence-electron chi connectivity index (χ3n) is 3.32. The Morgan fingerprint density at radius 3 is 2.57 bits per heavy atom. The standard InChI is InChI=1S/C17H17N3O/c1-13-7-9-18-17(11-13)16-8-10-20(19-16)12-14-3-5-15(21-2)6-4-14/h3-11H,12H2,1-2H3. The van der Waals surface area contributed by atoms with Gasteiger partial charge in [0.05, 0.1) is 19.3 Å². The van der Waals surface area contributed by atoms with E-state index in [2.05, 4.69) is 17.0 Å². The average Bonchev–Trinajstić information content (AvgIpc) is 2.97. The maximum atomic E-state index is 5.16. The molecule has 2 aromatic heterocycles. The number of hydrogen-bond donors (Lipinski definition) is 0. The predicted molar refractivity (Wildman–Crippen MR) is 82.3 cm³/mol. The van der Waals surface area contributed by atoms with Crippen LogP contribution in [0.2, 0.25) is 0 Å². The van der Waals surface area contributed by atoms with Crippen LogP contribution in [0.4, 0.5) is 0 Å². The van der Waals surface area contributed by atoms with Crippen molar-refractivity contribution in [1.82, 2.24) is 14.8 Å². The Kier molecular flexibility index (Phi) is 3.69. The van der Waals surface area contributed by atoms with E-state index in [1.54, 1.807) is 7.11 Å². The van der Waals surface area contributed by atoms with Crippen molar-refractivity contribution in [3.05, 3.63) is 66.0 Å². The van der Waals surface area contributed by atoms with Crippen LogP contribution in [-0.4, -0.2) is 21.9 Å². The molecule has 0 saturated carbocycles. The molecule has 3 rings (SSSR count). The minimum atomic E-state index is 0.732. The Morgan fingerprint density at radius 1 is 1.05 bits per heavy atom. The summed E-state index contributed by atoms with van der Waals surface area (Å²) in [6, 6.07) is 14.0. The van der Waals surface area contributed by atoms with Crippen LogP contribution in [0.25, 0.3) is 11.4 Å². The SMILES string of the molecule is COc1ccc(Cn2ccc(-c3cc(C)ccn3)n2)cc1. The second-order valence-electron chi connectivity index (χ2n) is 4.97. The van der Waals surface area contributed by atoms with Gasteiger partial charge >= 0.3 is 0 Å². The molecule has 21 heavy (non-hydrogen) atoms. The fraction of sp³-hybridized carbons (Fsp3) is 0.176. The Balaban J connectivity index is 1.78. The molecule has 0 aliphatic heterocycles. The van der Waals surface area contributed by atoms with E-state index in [1.165, 1.54) is 11.1 Å². The van der Waals surface area contributed by atoms with Crippen LogP contribution in [0, 0.1) is 6.92 Å². The van der Waals surface area contributed by atoms with E-state index in [-0.39, 0.29) is 0 Å². The van der Waals surface area contributed by atoms with Crippen molar-refractivity contribution in [2.45, 2.75) is 13.5 Å². The minimum Gasteiger partial charge on any atom is -0.497 e. The smallest absolute Gasteiger partial charge is 0.118 e. The number of aryl methyl sites for hydroxylation is 1. The third kappa shape index (κ3) is 3.11. The number of hydrogen-bond acceptors (Lipinski definition) is 3. The van der Waals surface area contributed by atoms with Gasteiger partial charge in [-0.1, -0.05) is 12.1 Å². The summed E-state index contributed by atoms with van der Waals surface area (Å²) < 4.78 is 7.08. The average molecular weight is 279 g/mol. The molecule has 106 valence electrons. The van der Waals surface area contributed by atoms with Gasteiger partial charge in [-0.15, -0.1) is 0 Å². The first-order valence-electron chi connectivity index (χ1n) is 6.84. The van der Waals surface area contributed by atoms with Crippen LogP contribution >= 0.6 is 0 Å². The maximum absolute atomic E-state index is 5.16. The first-order valence-corrected chi connectivity index (χ1v) is 6.84. The first kappa shape index (κ1) is 13.4. The van der Waals surface area contributed by atoms with Gasteiger partial charge in [0.1, 0.15) is 11.4 Å². The molecule has 0 atom stereocenters. The van der Waals surface area contributed by atoms with Crippen LogP contribution in [0.5, 0.6) is 5.75 Å². The van der Waals surface area contributed by atoms with Gasteiger partial charge in [-0.25, -0.2) is 0 Å². The lowest BCUT2D eigenvalue weighted by Gasteiger charge is -2.04. The van der Waals surface area contributed by atoms with E-state index in [9.17, 15) is 0 Å². The van der Waals surface area contributed by atoms with Gasteiger partial charge in [-0.2, -0.15) is 5.10 Å². The van der Waals surface area contributed by atoms with E-state index in [0.717, 1.165) is 23.7 Å². The van der Waals surface area contributed by atoms with E-state index in [1.807, 2.05) is 59.5 Å². The topological polar surface area (TPSA) is 39.9 Å². The molecule has 3 aromatic rings. The highest BCUT2D eigenvalue weighted by Crippen LogP contribution is 2.16. The van der Waals surface area contributed by atoms with Crippen molar-refractivity contribution in [2.24, 2.45) is 0 Å². The number of ether oxygens (including phenoxy) is 1. The van der Waals surface area contributed by atoms with Gasteiger partial charge in [0.2, 0.25) is 0 Å². The Labute approximate surface area is 124 Å². The highest BCUT2D eigenvalue weighted by atomic mass is 16.5. The van der Waals surface area contributed by atoms with E-state index in [0.29, 0.717) is 0 Å². The number of benzene rings is 1. The van der Waals surface area contributed by atoms with E-state index >= 15 is 0 Å². The zero-order valence-electron chi connectivity index (χ0n) is 12.2. The summed E-state index contributed by atoms with van der Waals surface area (Å²) in [6.45, 7) is 2.79. The van der Waals surface area contributed by atoms with Gasteiger partial charge in [-0.3, -0.25) is 9.67 Å². The summed E-state index contributed by atoms with van der Waals surface area (Å²) >= 11 is 0. The second kappa shape index (κ2) is 5.79. The highest BCUT2D eigenvalue weighted by Gasteiger charge is 2.04. The minimum absolute atomic E-state index is 0.732. The lowest BCUT2D eigenvalue weighted by Crippen LogP contribution is -2.00. The lowest BCUT2D eigenvalue weighted by atomic mass is 10.2. The summed E-state index contributed by atoms with van der Waals surface area (Å²) in [5, 5.41) is 4.58. The Hall–Kier alpha value is -2.62. The molecule has 0 unspecified atom stereocenters. The number of rotatable bonds is 4. The van der Waals surface area contributed by atoms with Crippen molar-refractivity contribution in [3.8, 4) is 17.1 Å². The van der Waals surface area contributed by atoms with Crippen molar-refractivity contribution in [1.29, 1.82) is 0 Å². The van der Waals surface area contributed by atoms with Gasteiger partial charge < -0.3 is 4.74 Å². The molecule has 0 radical (unpaired) electrons. The van der Waals surface area contributed by atoms with Crippen LogP contribution < -0.4 is 4.74 Å². The summed E-state index contributed by atoms with van der Waals surface area (Å²) in [6.07, 6.45) is 3.79. The monoisotopic (exact) mass is 279 g/mol. The Morgan fingerprint density at radius 2 is 1.86 bits per heavy atom. The molecule has 0 fully saturated rings. The third-order valence-corrected chi connectivity index (χ3v) is 3.32. The lowest BCUT2D eigenvalue weighted by molar-refractivity contribution is 0.414. The van der Waals surface area contributed by atoms with Gasteiger partial charge in [-0.05, 0) is 48.4 Å². The second-order valence-corrected chi connectivity index (χ2v) is 4.97. The van der Waals surface area contributed by atoms with Crippen LogP contribution in [-0.2, 0) is 6.54 Å². The molecule has 0 amide bonds. The molecular formula is C17H17N3O. The zero-order valence-corrected chi connectivity index (χ0v) is 12.2. The highest BCUT2D eigenvalue weighted by molar-refractivity contribution is 5.53. The molecule has 0 N–H and O–H groups in total. The molecule has 0 aliphatic rings. The van der Waals surface area contributed by atoms with E-state index in [4.69, 9.17) is 4.74 Å². The van der Waals surface area contributed by atoms with Crippen molar-refractivity contribution < 1.29 is 4.74 Å². The summed E-state index contributed by atoms with van der Waals surface area (Å²) in [7, 11) is 1.67. The van der Waals surface area contributed by atoms with Crippen LogP contribution in [0.15, 0.2) is 54.9 Å². The summed E-state index contributed by atoms with van der Waals surface area (Å²) in [5.41, 5.74) is 4.17. The molecule has 0 aliphatic carbocycles. The van der Waals surface area contributed by atoms with Gasteiger partial charge in [0.15, 0.2) is 0 Å². The van der Waals surface area contributed by atoms with Crippen molar-refractivity contribution >= 4 is 0 Å². The van der Waals surface area contributed by atoms with E-state index < -0.39 is 0 Å². The van der Waals surface area contributed by atoms with Crippen molar-refractivity contribution in [2.75, 3.05) is 7.11 Å². The quantitative estimate of drug-likeness (QED) is 0.735. The molecule has 0 spiro atoms. The van der Waals surface area contributed by atoms with Gasteiger partial charge in [0.25, 0.3) is 0 Å².